The van der Waals surface area contributed by atoms with Gasteiger partial charge in [-0.05, 0) is 6.42 Å². The first-order valence-corrected chi connectivity index (χ1v) is 10.3. The van der Waals surface area contributed by atoms with E-state index in [2.05, 4.69) is 5.32 Å². The Morgan fingerprint density at radius 1 is 0.931 bits per heavy atom. The maximum Gasteiger partial charge on any atom is 0.225 e. The van der Waals surface area contributed by atoms with Gasteiger partial charge in [0.25, 0.3) is 0 Å². The summed E-state index contributed by atoms with van der Waals surface area (Å²) >= 11 is 0. The summed E-state index contributed by atoms with van der Waals surface area (Å²) in [6, 6.07) is 0. The summed E-state index contributed by atoms with van der Waals surface area (Å²) in [4.78, 5) is 35.2. The molecule has 0 aliphatic rings. The lowest BCUT2D eigenvalue weighted by molar-refractivity contribution is -0.135. The zero-order chi connectivity index (χ0) is 21.7. The summed E-state index contributed by atoms with van der Waals surface area (Å²) in [5.41, 5.74) is 0. The Morgan fingerprint density at radius 2 is 1.45 bits per heavy atom. The molecule has 9 heteroatoms. The SMILES string of the molecule is CCCNC(=O)CCOCCOCCOCCOCCN(C)C(=O)C(C)CC=O. The molecule has 0 saturated heterocycles. The lowest BCUT2D eigenvalue weighted by Crippen LogP contribution is -2.34. The molecule has 0 aromatic rings. The molecule has 9 nitrogen and oxygen atoms in total. The van der Waals surface area contributed by atoms with Crippen LogP contribution in [0.5, 0.6) is 0 Å². The number of hydrogen-bond acceptors (Lipinski definition) is 7. The Bertz CT molecular complexity index is 435. The molecule has 1 unspecified atom stereocenters. The number of aldehydes is 1. The Kier molecular flexibility index (Phi) is 18.7. The molecule has 1 atom stereocenters. The van der Waals surface area contributed by atoms with Crippen molar-refractivity contribution < 1.29 is 33.3 Å². The second-order valence-corrected chi connectivity index (χ2v) is 6.61. The molecule has 0 fully saturated rings. The van der Waals surface area contributed by atoms with Gasteiger partial charge >= 0.3 is 0 Å². The van der Waals surface area contributed by atoms with Crippen molar-refractivity contribution in [3.63, 3.8) is 0 Å². The third-order valence-corrected chi connectivity index (χ3v) is 3.98. The topological polar surface area (TPSA) is 103 Å². The fraction of sp³-hybridized carbons (Fsp3) is 0.850. The normalized spacial score (nSPS) is 11.8. The Hall–Kier alpha value is -1.55. The fourth-order valence-corrected chi connectivity index (χ4v) is 2.21. The van der Waals surface area contributed by atoms with Crippen LogP contribution in [-0.4, -0.2) is 96.0 Å². The largest absolute Gasteiger partial charge is 0.379 e. The highest BCUT2D eigenvalue weighted by Gasteiger charge is 2.16. The number of amides is 2. The lowest BCUT2D eigenvalue weighted by Gasteiger charge is -2.20. The first-order valence-electron chi connectivity index (χ1n) is 10.3. The van der Waals surface area contributed by atoms with Crippen LogP contribution in [0.1, 0.15) is 33.1 Å². The standard InChI is InChI=1S/C20H38N2O7/c1-4-7-21-19(24)6-10-26-12-14-28-16-17-29-15-13-27-11-8-22(3)20(25)18(2)5-9-23/h9,18H,4-8,10-17H2,1-3H3,(H,21,24). The zero-order valence-electron chi connectivity index (χ0n) is 18.2. The quantitative estimate of drug-likeness (QED) is 0.229. The first-order chi connectivity index (χ1) is 14.0. The van der Waals surface area contributed by atoms with Crippen LogP contribution >= 0.6 is 0 Å². The van der Waals surface area contributed by atoms with Crippen molar-refractivity contribution in [2.45, 2.75) is 33.1 Å². The number of hydrogen-bond donors (Lipinski definition) is 1. The van der Waals surface area contributed by atoms with Crippen LogP contribution in [0.4, 0.5) is 0 Å². The number of rotatable bonds is 20. The van der Waals surface area contributed by atoms with E-state index in [1.807, 2.05) is 6.92 Å². The Morgan fingerprint density at radius 3 is 1.97 bits per heavy atom. The molecule has 170 valence electrons. The van der Waals surface area contributed by atoms with Crippen molar-refractivity contribution in [1.82, 2.24) is 10.2 Å². The summed E-state index contributed by atoms with van der Waals surface area (Å²) in [5.74, 6) is -0.344. The summed E-state index contributed by atoms with van der Waals surface area (Å²) in [7, 11) is 1.70. The zero-order valence-corrected chi connectivity index (χ0v) is 18.2. The van der Waals surface area contributed by atoms with Crippen LogP contribution in [-0.2, 0) is 33.3 Å². The molecule has 0 aliphatic carbocycles. The van der Waals surface area contributed by atoms with Crippen LogP contribution in [0.15, 0.2) is 0 Å². The monoisotopic (exact) mass is 418 g/mol. The average Bonchev–Trinajstić information content (AvgIpc) is 2.71. The molecule has 0 aliphatic heterocycles. The summed E-state index contributed by atoms with van der Waals surface area (Å²) in [6.45, 7) is 8.46. The van der Waals surface area contributed by atoms with Gasteiger partial charge in [-0.15, -0.1) is 0 Å². The summed E-state index contributed by atoms with van der Waals surface area (Å²) in [5, 5.41) is 2.79. The summed E-state index contributed by atoms with van der Waals surface area (Å²) in [6.07, 6.45) is 2.29. The molecule has 29 heavy (non-hydrogen) atoms. The van der Waals surface area contributed by atoms with E-state index in [4.69, 9.17) is 18.9 Å². The Labute approximate surface area is 174 Å². The van der Waals surface area contributed by atoms with E-state index >= 15 is 0 Å². The molecule has 0 aromatic carbocycles. The summed E-state index contributed by atoms with van der Waals surface area (Å²) < 4.78 is 21.5. The minimum atomic E-state index is -0.295. The molecule has 0 saturated carbocycles. The van der Waals surface area contributed by atoms with Gasteiger partial charge < -0.3 is 34.0 Å². The van der Waals surface area contributed by atoms with E-state index in [0.717, 1.165) is 12.7 Å². The number of carbonyl (C=O) groups is 3. The number of nitrogens with zero attached hydrogens (tertiary/aromatic N) is 1. The molecule has 0 spiro atoms. The van der Waals surface area contributed by atoms with Gasteiger partial charge in [0.1, 0.15) is 6.29 Å². The molecule has 0 aromatic heterocycles. The number of likely N-dealkylation sites (N-methyl/N-ethyl adjacent to an activating group) is 1. The lowest BCUT2D eigenvalue weighted by atomic mass is 10.1. The van der Waals surface area contributed by atoms with Gasteiger partial charge in [-0.25, -0.2) is 0 Å². The van der Waals surface area contributed by atoms with Crippen LogP contribution in [0.25, 0.3) is 0 Å². The Balaban J connectivity index is 3.32. The molecule has 0 rings (SSSR count). The molecular weight excluding hydrogens is 380 g/mol. The highest BCUT2D eigenvalue weighted by atomic mass is 16.6. The van der Waals surface area contributed by atoms with Crippen LogP contribution < -0.4 is 5.32 Å². The van der Waals surface area contributed by atoms with Crippen molar-refractivity contribution in [3.8, 4) is 0 Å². The van der Waals surface area contributed by atoms with Crippen molar-refractivity contribution in [3.05, 3.63) is 0 Å². The predicted molar refractivity (Wildman–Crippen MR) is 109 cm³/mol. The number of carbonyl (C=O) groups excluding carboxylic acids is 3. The third-order valence-electron chi connectivity index (χ3n) is 3.98. The number of nitrogens with one attached hydrogen (secondary N) is 1. The first kappa shape index (κ1) is 27.5. The van der Waals surface area contributed by atoms with E-state index in [9.17, 15) is 14.4 Å². The van der Waals surface area contributed by atoms with Gasteiger partial charge in [-0.2, -0.15) is 0 Å². The van der Waals surface area contributed by atoms with E-state index in [1.165, 1.54) is 0 Å². The van der Waals surface area contributed by atoms with Gasteiger partial charge in [0, 0.05) is 38.9 Å². The van der Waals surface area contributed by atoms with Gasteiger partial charge in [0.15, 0.2) is 0 Å². The van der Waals surface area contributed by atoms with Gasteiger partial charge in [0.2, 0.25) is 11.8 Å². The van der Waals surface area contributed by atoms with Gasteiger partial charge in [0.05, 0.1) is 52.9 Å². The molecule has 0 heterocycles. The minimum Gasteiger partial charge on any atom is -0.379 e. The van der Waals surface area contributed by atoms with E-state index in [1.54, 1.807) is 18.9 Å². The molecule has 0 bridgehead atoms. The fourth-order valence-electron chi connectivity index (χ4n) is 2.21. The van der Waals surface area contributed by atoms with Crippen molar-refractivity contribution in [2.24, 2.45) is 5.92 Å². The smallest absolute Gasteiger partial charge is 0.225 e. The van der Waals surface area contributed by atoms with Crippen LogP contribution in [0, 0.1) is 5.92 Å². The average molecular weight is 419 g/mol. The minimum absolute atomic E-state index is 0.00841. The highest BCUT2D eigenvalue weighted by Crippen LogP contribution is 2.03. The van der Waals surface area contributed by atoms with Crippen molar-refractivity contribution in [2.75, 3.05) is 73.0 Å². The maximum atomic E-state index is 11.9. The van der Waals surface area contributed by atoms with Crippen molar-refractivity contribution >= 4 is 18.1 Å². The molecule has 0 radical (unpaired) electrons. The van der Waals surface area contributed by atoms with Gasteiger partial charge in [-0.1, -0.05) is 13.8 Å². The second-order valence-electron chi connectivity index (χ2n) is 6.61. The van der Waals surface area contributed by atoms with E-state index in [-0.39, 0.29) is 24.2 Å². The van der Waals surface area contributed by atoms with E-state index < -0.39 is 0 Å². The molecule has 2 amide bonds. The third kappa shape index (κ3) is 17.1. The predicted octanol–water partition coefficient (Wildman–Crippen LogP) is 0.653. The number of ether oxygens (including phenoxy) is 4. The molecule has 1 N–H and O–H groups in total. The van der Waals surface area contributed by atoms with Gasteiger partial charge in [-0.3, -0.25) is 9.59 Å². The van der Waals surface area contributed by atoms with Crippen LogP contribution in [0.3, 0.4) is 0 Å². The second kappa shape index (κ2) is 19.8. The maximum absolute atomic E-state index is 11.9. The molecular formula is C20H38N2O7. The van der Waals surface area contributed by atoms with E-state index in [0.29, 0.717) is 72.4 Å². The van der Waals surface area contributed by atoms with Crippen LogP contribution in [0.2, 0.25) is 0 Å². The highest BCUT2D eigenvalue weighted by molar-refractivity contribution is 5.80. The van der Waals surface area contributed by atoms with Crippen molar-refractivity contribution in [1.29, 1.82) is 0 Å².